The summed E-state index contributed by atoms with van der Waals surface area (Å²) in [6.45, 7) is 7.42. The minimum absolute atomic E-state index is 0.0361. The van der Waals surface area contributed by atoms with E-state index in [1.807, 2.05) is 51.1 Å². The second-order valence-corrected chi connectivity index (χ2v) is 12.8. The molecular weight excluding hydrogens is 612 g/mol. The largest absolute Gasteiger partial charge is 0.495 e. The van der Waals surface area contributed by atoms with Crippen LogP contribution in [0.15, 0.2) is 60.7 Å². The van der Waals surface area contributed by atoms with Gasteiger partial charge in [0.25, 0.3) is 0 Å². The summed E-state index contributed by atoms with van der Waals surface area (Å²) in [5, 5.41) is 5.91. The Hall–Kier alpha value is -3.89. The number of esters is 2. The van der Waals surface area contributed by atoms with Gasteiger partial charge in [-0.1, -0.05) is 74.8 Å². The van der Waals surface area contributed by atoms with Crippen LogP contribution in [0.3, 0.4) is 0 Å². The molecule has 46 heavy (non-hydrogen) atoms. The smallest absolute Gasteiger partial charge is 0.347 e. The fourth-order valence-electron chi connectivity index (χ4n) is 5.52. The van der Waals surface area contributed by atoms with Crippen molar-refractivity contribution in [3.63, 3.8) is 0 Å². The molecule has 0 saturated carbocycles. The van der Waals surface area contributed by atoms with Crippen molar-refractivity contribution < 1.29 is 38.1 Å². The molecule has 2 heterocycles. The first-order valence-corrected chi connectivity index (χ1v) is 16.0. The molecule has 0 spiro atoms. The van der Waals surface area contributed by atoms with Crippen LogP contribution in [0.4, 0.5) is 0 Å². The van der Waals surface area contributed by atoms with Crippen LogP contribution in [0.25, 0.3) is 0 Å². The van der Waals surface area contributed by atoms with Gasteiger partial charge in [-0.2, -0.15) is 0 Å². The normalized spacial score (nSPS) is 27.5. The summed E-state index contributed by atoms with van der Waals surface area (Å²) in [5.74, 6) is -2.01. The number of carbonyl (C=O) groups is 4. The van der Waals surface area contributed by atoms with Gasteiger partial charge in [0.2, 0.25) is 11.8 Å². The summed E-state index contributed by atoms with van der Waals surface area (Å²) < 4.78 is 22.9. The summed E-state index contributed by atoms with van der Waals surface area (Å²) >= 11 is 6.30. The van der Waals surface area contributed by atoms with Gasteiger partial charge < -0.3 is 29.6 Å². The molecule has 0 unspecified atom stereocenters. The number of amides is 2. The van der Waals surface area contributed by atoms with Gasteiger partial charge in [0.05, 0.1) is 24.7 Å². The molecule has 248 valence electrons. The van der Waals surface area contributed by atoms with E-state index in [9.17, 15) is 19.2 Å². The maximum Gasteiger partial charge on any atom is 0.347 e. The van der Waals surface area contributed by atoms with Crippen LogP contribution < -0.4 is 15.4 Å². The molecule has 0 radical (unpaired) electrons. The van der Waals surface area contributed by atoms with Crippen LogP contribution in [0, 0.1) is 11.8 Å². The summed E-state index contributed by atoms with van der Waals surface area (Å²) in [4.78, 5) is 52.9. The topological polar surface area (TPSA) is 133 Å². The van der Waals surface area contributed by atoms with Crippen molar-refractivity contribution in [2.75, 3.05) is 7.11 Å². The molecule has 0 aromatic heterocycles. The molecule has 2 amide bonds. The van der Waals surface area contributed by atoms with Crippen molar-refractivity contribution in [3.8, 4) is 5.75 Å². The van der Waals surface area contributed by atoms with Gasteiger partial charge in [-0.3, -0.25) is 14.4 Å². The third-order valence-corrected chi connectivity index (χ3v) is 8.33. The molecule has 0 aliphatic carbocycles. The number of epoxide rings is 1. The number of rotatable bonds is 8. The number of carbonyl (C=O) groups excluding carboxylic acids is 4. The Bertz CT molecular complexity index is 1410. The van der Waals surface area contributed by atoms with E-state index in [-0.39, 0.29) is 49.7 Å². The molecule has 2 N–H and O–H groups in total. The van der Waals surface area contributed by atoms with Crippen molar-refractivity contribution >= 4 is 35.4 Å². The average molecular weight is 655 g/mol. The lowest BCUT2D eigenvalue weighted by molar-refractivity contribution is -0.174. The van der Waals surface area contributed by atoms with E-state index in [1.54, 1.807) is 31.2 Å². The van der Waals surface area contributed by atoms with Gasteiger partial charge in [-0.05, 0) is 48.6 Å². The quantitative estimate of drug-likeness (QED) is 0.304. The number of benzene rings is 2. The van der Waals surface area contributed by atoms with E-state index in [1.165, 1.54) is 13.2 Å². The molecule has 1 saturated heterocycles. The maximum absolute atomic E-state index is 13.4. The summed E-state index contributed by atoms with van der Waals surface area (Å²) in [7, 11) is 1.51. The van der Waals surface area contributed by atoms with E-state index in [0.717, 1.165) is 5.56 Å². The van der Waals surface area contributed by atoms with Gasteiger partial charge in [-0.25, -0.2) is 4.79 Å². The van der Waals surface area contributed by atoms with E-state index in [0.29, 0.717) is 16.3 Å². The maximum atomic E-state index is 13.4. The second kappa shape index (κ2) is 16.1. The standard InChI is InChI=1S/C35H43ClN2O8/c1-20(2)16-29-35(42)45-27(22(4)32-33(46-32)24-10-7-6-8-11-24)12-9-13-30(39)38-26(34(41)37-21(3)17-31(40)44-29)19-23-14-15-28(43-5)25(36)18-23/h6-11,13-15,18,20-22,26-27,29,32-33H,12,16-17,19H2,1-5H3,(H,37,41)(H,38,39)/b13-9+/t21-,22+,26-,27+,29+,32+,33-/m1/s1. The van der Waals surface area contributed by atoms with Crippen LogP contribution in [0.1, 0.15) is 64.2 Å². The van der Waals surface area contributed by atoms with Crippen LogP contribution in [0.2, 0.25) is 5.02 Å². The van der Waals surface area contributed by atoms with Crippen molar-refractivity contribution in [2.45, 2.75) is 89.9 Å². The van der Waals surface area contributed by atoms with Crippen LogP contribution >= 0.6 is 11.6 Å². The zero-order chi connectivity index (χ0) is 33.4. The Morgan fingerprint density at radius 1 is 1.00 bits per heavy atom. The molecule has 11 heteroatoms. The van der Waals surface area contributed by atoms with Crippen LogP contribution in [0.5, 0.6) is 5.75 Å². The summed E-state index contributed by atoms with van der Waals surface area (Å²) in [6, 6.07) is 13.3. The molecule has 2 aliphatic rings. The highest BCUT2D eigenvalue weighted by atomic mass is 35.5. The lowest BCUT2D eigenvalue weighted by atomic mass is 9.93. The van der Waals surface area contributed by atoms with Crippen molar-refractivity contribution in [2.24, 2.45) is 11.8 Å². The van der Waals surface area contributed by atoms with E-state index >= 15 is 0 Å². The molecular formula is C35H43ClN2O8. The van der Waals surface area contributed by atoms with Gasteiger partial charge >= 0.3 is 11.9 Å². The fourth-order valence-corrected chi connectivity index (χ4v) is 5.80. The first-order valence-electron chi connectivity index (χ1n) is 15.6. The first-order chi connectivity index (χ1) is 21.9. The first kappa shape index (κ1) is 35.0. The fraction of sp³-hybridized carbons (Fsp3) is 0.486. The highest BCUT2D eigenvalue weighted by molar-refractivity contribution is 6.32. The third-order valence-electron chi connectivity index (χ3n) is 8.04. The molecule has 10 nitrogen and oxygen atoms in total. The van der Waals surface area contributed by atoms with Crippen molar-refractivity contribution in [3.05, 3.63) is 76.8 Å². The third kappa shape index (κ3) is 9.80. The molecule has 1 fully saturated rings. The molecule has 2 aromatic rings. The molecule has 4 rings (SSSR count). The molecule has 7 atom stereocenters. The van der Waals surface area contributed by atoms with Gasteiger partial charge in [0.1, 0.15) is 24.0 Å². The number of hydrogen-bond acceptors (Lipinski definition) is 8. The number of methoxy groups -OCH3 is 1. The zero-order valence-electron chi connectivity index (χ0n) is 26.9. The molecule has 2 aliphatic heterocycles. The van der Waals surface area contributed by atoms with Crippen LogP contribution in [-0.4, -0.2) is 61.3 Å². The Labute approximate surface area is 275 Å². The second-order valence-electron chi connectivity index (χ2n) is 12.4. The highest BCUT2D eigenvalue weighted by Gasteiger charge is 2.47. The monoisotopic (exact) mass is 654 g/mol. The number of hydrogen-bond donors (Lipinski definition) is 2. The Morgan fingerprint density at radius 3 is 2.41 bits per heavy atom. The summed E-state index contributed by atoms with van der Waals surface area (Å²) in [5.41, 5.74) is 1.73. The average Bonchev–Trinajstić information content (AvgIpc) is 3.80. The van der Waals surface area contributed by atoms with Gasteiger partial charge in [0, 0.05) is 24.8 Å². The lowest BCUT2D eigenvalue weighted by Crippen LogP contribution is -2.50. The number of ether oxygens (including phenoxy) is 4. The van der Waals surface area contributed by atoms with Crippen molar-refractivity contribution in [1.82, 2.24) is 10.6 Å². The number of nitrogens with one attached hydrogen (secondary N) is 2. The minimum Gasteiger partial charge on any atom is -0.495 e. The Kier molecular flexibility index (Phi) is 12.2. The molecule has 0 bridgehead atoms. The number of cyclic esters (lactones) is 2. The van der Waals surface area contributed by atoms with Gasteiger partial charge in [-0.15, -0.1) is 0 Å². The SMILES string of the molecule is COc1ccc(C[C@H]2NC(=O)/C=C/C[C@@H]([C@H](C)[C@@H]3O[C@@H]3c3ccccc3)OC(=O)[C@H](CC(C)C)OC(=O)C[C@@H](C)NC2=O)cc1Cl. The highest BCUT2D eigenvalue weighted by Crippen LogP contribution is 2.45. The number of halogens is 1. The summed E-state index contributed by atoms with van der Waals surface area (Å²) in [6.07, 6.45) is 1.23. The van der Waals surface area contributed by atoms with Crippen LogP contribution in [-0.2, 0) is 39.8 Å². The van der Waals surface area contributed by atoms with E-state index in [4.69, 9.17) is 30.5 Å². The molecule has 2 aromatic carbocycles. The van der Waals surface area contributed by atoms with E-state index < -0.39 is 48.0 Å². The lowest BCUT2D eigenvalue weighted by Gasteiger charge is -2.26. The van der Waals surface area contributed by atoms with Gasteiger partial charge in [0.15, 0.2) is 6.10 Å². The zero-order valence-corrected chi connectivity index (χ0v) is 27.6. The Morgan fingerprint density at radius 2 is 1.74 bits per heavy atom. The van der Waals surface area contributed by atoms with Crippen molar-refractivity contribution in [1.29, 1.82) is 0 Å². The predicted molar refractivity (Wildman–Crippen MR) is 172 cm³/mol. The predicted octanol–water partition coefficient (Wildman–Crippen LogP) is 4.88. The minimum atomic E-state index is -1.12. The van der Waals surface area contributed by atoms with E-state index in [2.05, 4.69) is 10.6 Å². The Balaban J connectivity index is 1.58.